The molecule has 2 saturated heterocycles. The van der Waals surface area contributed by atoms with Crippen molar-refractivity contribution in [1.82, 2.24) is 20.1 Å². The zero-order valence-electron chi connectivity index (χ0n) is 17.0. The van der Waals surface area contributed by atoms with Gasteiger partial charge in [-0.25, -0.2) is 0 Å². The summed E-state index contributed by atoms with van der Waals surface area (Å²) in [5.41, 5.74) is 1.66. The van der Waals surface area contributed by atoms with E-state index in [0.717, 1.165) is 18.4 Å². The van der Waals surface area contributed by atoms with Crippen LogP contribution in [0.15, 0.2) is 54.9 Å². The molecule has 2 aromatic rings. The van der Waals surface area contributed by atoms with Crippen molar-refractivity contribution in [3.05, 3.63) is 66.0 Å². The van der Waals surface area contributed by atoms with Crippen molar-refractivity contribution in [2.75, 3.05) is 19.6 Å². The van der Waals surface area contributed by atoms with Crippen molar-refractivity contribution in [1.29, 1.82) is 0 Å². The lowest BCUT2D eigenvalue weighted by Gasteiger charge is -2.38. The van der Waals surface area contributed by atoms with Gasteiger partial charge < -0.3 is 15.3 Å². The number of amides is 2. The summed E-state index contributed by atoms with van der Waals surface area (Å²) in [6, 6.07) is 13.0. The molecule has 1 aromatic carbocycles. The number of aliphatic hydroxyl groups excluding tert-OH is 1. The smallest absolute Gasteiger partial charge is 0.253 e. The second-order valence-electron chi connectivity index (χ2n) is 8.07. The van der Waals surface area contributed by atoms with Gasteiger partial charge in [-0.3, -0.25) is 19.5 Å². The number of β-amino-alcohol motifs (C(OH)–C–C–N with tert-alkyl or cyclic N) is 1. The molecular weight excluding hydrogens is 380 g/mol. The molecule has 2 atom stereocenters. The minimum atomic E-state index is -0.497. The average molecular weight is 409 g/mol. The van der Waals surface area contributed by atoms with Crippen LogP contribution in [0.5, 0.6) is 0 Å². The molecule has 2 fully saturated rings. The number of benzene rings is 1. The molecule has 0 unspecified atom stereocenters. The number of nitrogens with zero attached hydrogens (tertiary/aromatic N) is 3. The average Bonchev–Trinajstić information content (AvgIpc) is 3.20. The lowest BCUT2D eigenvalue weighted by atomic mass is 10.0. The van der Waals surface area contributed by atoms with Crippen molar-refractivity contribution < 1.29 is 14.7 Å². The largest absolute Gasteiger partial charge is 0.392 e. The Morgan fingerprint density at radius 1 is 1.10 bits per heavy atom. The fraction of sp³-hybridized carbons (Fsp3) is 0.435. The van der Waals surface area contributed by atoms with E-state index in [1.165, 1.54) is 0 Å². The van der Waals surface area contributed by atoms with Crippen LogP contribution in [-0.2, 0) is 11.3 Å². The maximum atomic E-state index is 12.8. The minimum Gasteiger partial charge on any atom is -0.392 e. The molecule has 2 N–H and O–H groups in total. The molecule has 3 heterocycles. The Kier molecular flexibility index (Phi) is 6.40. The van der Waals surface area contributed by atoms with E-state index in [1.54, 1.807) is 12.4 Å². The Morgan fingerprint density at radius 3 is 2.57 bits per heavy atom. The number of carbonyl (C=O) groups excluding carboxylic acids is 2. The summed E-state index contributed by atoms with van der Waals surface area (Å²) >= 11 is 0. The van der Waals surface area contributed by atoms with Crippen LogP contribution in [-0.4, -0.2) is 69.5 Å². The number of aliphatic hydroxyl groups is 1. The second-order valence-corrected chi connectivity index (χ2v) is 8.07. The molecule has 7 heteroatoms. The van der Waals surface area contributed by atoms with Crippen LogP contribution in [0.25, 0.3) is 0 Å². The number of hydrogen-bond acceptors (Lipinski definition) is 5. The van der Waals surface area contributed by atoms with E-state index in [-0.39, 0.29) is 23.9 Å². The third kappa shape index (κ3) is 4.68. The summed E-state index contributed by atoms with van der Waals surface area (Å²) in [6.45, 7) is 2.25. The van der Waals surface area contributed by atoms with Gasteiger partial charge in [0.15, 0.2) is 0 Å². The third-order valence-electron chi connectivity index (χ3n) is 6.05. The van der Waals surface area contributed by atoms with Gasteiger partial charge in [0.25, 0.3) is 5.91 Å². The van der Waals surface area contributed by atoms with E-state index < -0.39 is 6.10 Å². The van der Waals surface area contributed by atoms with Gasteiger partial charge in [0.2, 0.25) is 5.91 Å². The van der Waals surface area contributed by atoms with Gasteiger partial charge >= 0.3 is 0 Å². The van der Waals surface area contributed by atoms with Gasteiger partial charge in [-0.05, 0) is 43.0 Å². The number of piperidine rings is 1. The quantitative estimate of drug-likeness (QED) is 0.782. The van der Waals surface area contributed by atoms with Gasteiger partial charge in [0.05, 0.1) is 12.1 Å². The summed E-state index contributed by atoms with van der Waals surface area (Å²) in [7, 11) is 0. The molecule has 0 aliphatic carbocycles. The lowest BCUT2D eigenvalue weighted by Crippen LogP contribution is -2.52. The number of aromatic nitrogens is 1. The summed E-state index contributed by atoms with van der Waals surface area (Å²) < 4.78 is 0. The highest BCUT2D eigenvalue weighted by molar-refractivity contribution is 5.94. The maximum absolute atomic E-state index is 12.8. The SMILES string of the molecule is O=C(NCc1cccnc1)[C@@H]1C[C@@H](O)CN1C1CCN(C(=O)c2ccccc2)CC1. The molecule has 2 aliphatic heterocycles. The highest BCUT2D eigenvalue weighted by atomic mass is 16.3. The zero-order valence-corrected chi connectivity index (χ0v) is 17.0. The van der Waals surface area contributed by atoms with Gasteiger partial charge in [0.1, 0.15) is 0 Å². The fourth-order valence-electron chi connectivity index (χ4n) is 4.47. The van der Waals surface area contributed by atoms with E-state index >= 15 is 0 Å². The summed E-state index contributed by atoms with van der Waals surface area (Å²) in [4.78, 5) is 33.6. The second kappa shape index (κ2) is 9.36. The van der Waals surface area contributed by atoms with Crippen LogP contribution in [0, 0.1) is 0 Å². The van der Waals surface area contributed by atoms with E-state index in [9.17, 15) is 14.7 Å². The van der Waals surface area contributed by atoms with Crippen LogP contribution >= 0.6 is 0 Å². The summed E-state index contributed by atoms with van der Waals surface area (Å²) in [6.07, 6.45) is 5.00. The Labute approximate surface area is 176 Å². The normalized spacial score (nSPS) is 22.8. The Balaban J connectivity index is 1.33. The molecule has 0 bridgehead atoms. The molecule has 7 nitrogen and oxygen atoms in total. The van der Waals surface area contributed by atoms with Gasteiger partial charge in [0, 0.05) is 50.2 Å². The first-order valence-electron chi connectivity index (χ1n) is 10.6. The minimum absolute atomic E-state index is 0.0567. The predicted molar refractivity (Wildman–Crippen MR) is 113 cm³/mol. The standard InChI is InChI=1S/C23H28N4O3/c28-20-13-21(22(29)25-15-17-5-4-10-24-14-17)27(16-20)19-8-11-26(12-9-19)23(30)18-6-2-1-3-7-18/h1-7,10,14,19-21,28H,8-9,11-13,15-16H2,(H,25,29)/t20-,21+/m1/s1. The van der Waals surface area contributed by atoms with Crippen molar-refractivity contribution in [3.8, 4) is 0 Å². The van der Waals surface area contributed by atoms with Crippen LogP contribution < -0.4 is 5.32 Å². The molecule has 4 rings (SSSR count). The summed E-state index contributed by atoms with van der Waals surface area (Å²) in [5.74, 6) is -0.000495. The maximum Gasteiger partial charge on any atom is 0.253 e. The topological polar surface area (TPSA) is 85.8 Å². The van der Waals surface area contributed by atoms with Crippen LogP contribution in [0.2, 0.25) is 0 Å². The molecule has 0 spiro atoms. The molecular formula is C23H28N4O3. The Bertz CT molecular complexity index is 853. The first-order valence-corrected chi connectivity index (χ1v) is 10.6. The van der Waals surface area contributed by atoms with Gasteiger partial charge in [-0.15, -0.1) is 0 Å². The molecule has 158 valence electrons. The number of hydrogen-bond donors (Lipinski definition) is 2. The fourth-order valence-corrected chi connectivity index (χ4v) is 4.47. The molecule has 30 heavy (non-hydrogen) atoms. The monoisotopic (exact) mass is 408 g/mol. The first kappa shape index (κ1) is 20.5. The number of pyridine rings is 1. The lowest BCUT2D eigenvalue weighted by molar-refractivity contribution is -0.126. The first-order chi connectivity index (χ1) is 14.6. The van der Waals surface area contributed by atoms with Gasteiger partial charge in [-0.2, -0.15) is 0 Å². The third-order valence-corrected chi connectivity index (χ3v) is 6.05. The van der Waals surface area contributed by atoms with Crippen molar-refractivity contribution in [2.24, 2.45) is 0 Å². The molecule has 2 amide bonds. The Morgan fingerprint density at radius 2 is 1.87 bits per heavy atom. The van der Waals surface area contributed by atoms with E-state index in [4.69, 9.17) is 0 Å². The molecule has 2 aliphatic rings. The van der Waals surface area contributed by atoms with Gasteiger partial charge in [-0.1, -0.05) is 24.3 Å². The Hall–Kier alpha value is -2.77. The molecule has 0 saturated carbocycles. The molecule has 0 radical (unpaired) electrons. The number of rotatable bonds is 5. The number of carbonyl (C=O) groups is 2. The van der Waals surface area contributed by atoms with E-state index in [1.807, 2.05) is 47.4 Å². The predicted octanol–water partition coefficient (Wildman–Crippen LogP) is 1.44. The van der Waals surface area contributed by atoms with E-state index in [0.29, 0.717) is 38.2 Å². The highest BCUT2D eigenvalue weighted by Gasteiger charge is 2.40. The molecule has 1 aromatic heterocycles. The van der Waals surface area contributed by atoms with Crippen LogP contribution in [0.4, 0.5) is 0 Å². The zero-order chi connectivity index (χ0) is 20.9. The van der Waals surface area contributed by atoms with Crippen molar-refractivity contribution in [3.63, 3.8) is 0 Å². The van der Waals surface area contributed by atoms with Crippen LogP contribution in [0.3, 0.4) is 0 Å². The van der Waals surface area contributed by atoms with Crippen molar-refractivity contribution in [2.45, 2.75) is 44.0 Å². The highest BCUT2D eigenvalue weighted by Crippen LogP contribution is 2.27. The van der Waals surface area contributed by atoms with Crippen molar-refractivity contribution >= 4 is 11.8 Å². The summed E-state index contributed by atoms with van der Waals surface area (Å²) in [5, 5.41) is 13.2. The van der Waals surface area contributed by atoms with Crippen LogP contribution in [0.1, 0.15) is 35.2 Å². The number of likely N-dealkylation sites (tertiary alicyclic amines) is 2. The van der Waals surface area contributed by atoms with E-state index in [2.05, 4.69) is 15.2 Å². The number of nitrogens with one attached hydrogen (secondary N) is 1.